The number of nitrogens with zero attached hydrogens (tertiary/aromatic N) is 5. The number of hydrogen-bond acceptors (Lipinski definition) is 5. The van der Waals surface area contributed by atoms with Crippen LogP contribution in [0.25, 0.3) is 0 Å². The van der Waals surface area contributed by atoms with E-state index in [1.807, 2.05) is 11.6 Å². The van der Waals surface area contributed by atoms with Crippen molar-refractivity contribution in [3.63, 3.8) is 0 Å². The molecule has 0 aromatic carbocycles. The third-order valence-electron chi connectivity index (χ3n) is 4.16. The third kappa shape index (κ3) is 3.24. The van der Waals surface area contributed by atoms with Gasteiger partial charge in [-0.05, 0) is 33.2 Å². The summed E-state index contributed by atoms with van der Waals surface area (Å²) in [6.07, 6.45) is 3.80. The SMILES string of the molecule is CCn1ncnc1CN1CCC[C@@H](c2cc(=O)[nH]c(C)n2)C1. The first-order valence-electron chi connectivity index (χ1n) is 7.82. The van der Waals surface area contributed by atoms with Crippen molar-refractivity contribution in [2.75, 3.05) is 13.1 Å². The van der Waals surface area contributed by atoms with Crippen molar-refractivity contribution in [2.45, 2.75) is 45.7 Å². The first-order valence-corrected chi connectivity index (χ1v) is 7.82. The molecule has 0 radical (unpaired) electrons. The number of likely N-dealkylation sites (tertiary alicyclic amines) is 1. The molecular weight excluding hydrogens is 280 g/mol. The number of hydrogen-bond donors (Lipinski definition) is 1. The molecule has 0 bridgehead atoms. The van der Waals surface area contributed by atoms with Gasteiger partial charge in [0.2, 0.25) is 0 Å². The van der Waals surface area contributed by atoms with Crippen LogP contribution in [0.4, 0.5) is 0 Å². The van der Waals surface area contributed by atoms with Gasteiger partial charge in [-0.25, -0.2) is 14.6 Å². The van der Waals surface area contributed by atoms with E-state index >= 15 is 0 Å². The zero-order valence-electron chi connectivity index (χ0n) is 13.1. The molecule has 118 valence electrons. The number of rotatable bonds is 4. The molecule has 7 nitrogen and oxygen atoms in total. The molecule has 2 aromatic heterocycles. The molecule has 0 aliphatic carbocycles. The third-order valence-corrected chi connectivity index (χ3v) is 4.16. The standard InChI is InChI=1S/C15H22N6O/c1-3-21-14(16-10-17-21)9-20-6-4-5-12(8-20)13-7-15(22)19-11(2)18-13/h7,10,12H,3-6,8-9H2,1-2H3,(H,18,19,22)/t12-/m1/s1. The summed E-state index contributed by atoms with van der Waals surface area (Å²) in [5.41, 5.74) is 0.841. The quantitative estimate of drug-likeness (QED) is 0.914. The molecule has 3 rings (SSSR count). The number of piperidine rings is 1. The van der Waals surface area contributed by atoms with E-state index in [1.165, 1.54) is 0 Å². The fourth-order valence-corrected chi connectivity index (χ4v) is 3.13. The maximum atomic E-state index is 11.6. The lowest BCUT2D eigenvalue weighted by atomic mass is 9.94. The van der Waals surface area contributed by atoms with Gasteiger partial charge in [-0.15, -0.1) is 0 Å². The van der Waals surface area contributed by atoms with Crippen molar-refractivity contribution >= 4 is 0 Å². The summed E-state index contributed by atoms with van der Waals surface area (Å²) < 4.78 is 1.93. The van der Waals surface area contributed by atoms with E-state index < -0.39 is 0 Å². The molecule has 3 heterocycles. The lowest BCUT2D eigenvalue weighted by Gasteiger charge is -2.32. The predicted molar refractivity (Wildman–Crippen MR) is 82.5 cm³/mol. The van der Waals surface area contributed by atoms with Gasteiger partial charge < -0.3 is 4.98 Å². The summed E-state index contributed by atoms with van der Waals surface area (Å²) in [4.78, 5) is 25.6. The van der Waals surface area contributed by atoms with Crippen LogP contribution in [0.2, 0.25) is 0 Å². The van der Waals surface area contributed by atoms with Gasteiger partial charge in [0.25, 0.3) is 5.56 Å². The maximum Gasteiger partial charge on any atom is 0.251 e. The van der Waals surface area contributed by atoms with Crippen LogP contribution in [0.3, 0.4) is 0 Å². The minimum atomic E-state index is -0.0645. The van der Waals surface area contributed by atoms with Crippen molar-refractivity contribution in [3.8, 4) is 0 Å². The minimum absolute atomic E-state index is 0.0645. The Bertz CT molecular complexity index is 691. The molecule has 1 aliphatic heterocycles. The maximum absolute atomic E-state index is 11.6. The van der Waals surface area contributed by atoms with Crippen LogP contribution in [-0.4, -0.2) is 42.7 Å². The molecule has 1 N–H and O–H groups in total. The van der Waals surface area contributed by atoms with Crippen molar-refractivity contribution in [2.24, 2.45) is 0 Å². The van der Waals surface area contributed by atoms with E-state index in [9.17, 15) is 4.79 Å². The van der Waals surface area contributed by atoms with Gasteiger partial charge in [0.05, 0.1) is 12.2 Å². The van der Waals surface area contributed by atoms with E-state index in [1.54, 1.807) is 12.4 Å². The number of nitrogens with one attached hydrogen (secondary N) is 1. The number of aromatic nitrogens is 5. The summed E-state index contributed by atoms with van der Waals surface area (Å²) in [7, 11) is 0. The molecule has 2 aromatic rings. The summed E-state index contributed by atoms with van der Waals surface area (Å²) in [5.74, 6) is 2.00. The highest BCUT2D eigenvalue weighted by atomic mass is 16.1. The lowest BCUT2D eigenvalue weighted by molar-refractivity contribution is 0.191. The Balaban J connectivity index is 1.72. The highest BCUT2D eigenvalue weighted by Crippen LogP contribution is 2.25. The Morgan fingerprint density at radius 1 is 1.45 bits per heavy atom. The van der Waals surface area contributed by atoms with Gasteiger partial charge in [-0.1, -0.05) is 0 Å². The molecule has 0 spiro atoms. The highest BCUT2D eigenvalue weighted by molar-refractivity contribution is 5.10. The molecule has 1 fully saturated rings. The second kappa shape index (κ2) is 6.39. The van der Waals surface area contributed by atoms with Crippen LogP contribution in [0, 0.1) is 6.92 Å². The minimum Gasteiger partial charge on any atom is -0.311 e. The van der Waals surface area contributed by atoms with Crippen LogP contribution in [0.15, 0.2) is 17.2 Å². The molecule has 7 heteroatoms. The Hall–Kier alpha value is -2.02. The molecule has 0 saturated carbocycles. The van der Waals surface area contributed by atoms with E-state index in [0.29, 0.717) is 11.7 Å². The number of aryl methyl sites for hydroxylation is 2. The van der Waals surface area contributed by atoms with Gasteiger partial charge in [0, 0.05) is 25.1 Å². The molecule has 22 heavy (non-hydrogen) atoms. The number of aromatic amines is 1. The fraction of sp³-hybridized carbons (Fsp3) is 0.600. The van der Waals surface area contributed by atoms with Crippen molar-refractivity contribution in [1.29, 1.82) is 0 Å². The molecule has 0 amide bonds. The molecular formula is C15H22N6O. The highest BCUT2D eigenvalue weighted by Gasteiger charge is 2.24. The fourth-order valence-electron chi connectivity index (χ4n) is 3.13. The lowest BCUT2D eigenvalue weighted by Crippen LogP contribution is -2.35. The van der Waals surface area contributed by atoms with Gasteiger partial charge in [0.1, 0.15) is 18.0 Å². The zero-order valence-corrected chi connectivity index (χ0v) is 13.1. The van der Waals surface area contributed by atoms with Crippen molar-refractivity contribution < 1.29 is 0 Å². The van der Waals surface area contributed by atoms with Crippen LogP contribution in [-0.2, 0) is 13.1 Å². The van der Waals surface area contributed by atoms with Gasteiger partial charge in [-0.3, -0.25) is 9.69 Å². The summed E-state index contributed by atoms with van der Waals surface area (Å²) >= 11 is 0. The molecule has 1 atom stereocenters. The monoisotopic (exact) mass is 302 g/mol. The summed E-state index contributed by atoms with van der Waals surface area (Å²) in [6.45, 7) is 7.49. The number of H-pyrrole nitrogens is 1. The van der Waals surface area contributed by atoms with Gasteiger partial charge in [-0.2, -0.15) is 5.10 Å². The first kappa shape index (κ1) is 14.9. The average molecular weight is 302 g/mol. The predicted octanol–water partition coefficient (Wildman–Crippen LogP) is 1.07. The Labute approximate surface area is 129 Å². The summed E-state index contributed by atoms with van der Waals surface area (Å²) in [6, 6.07) is 1.63. The molecule has 1 aliphatic rings. The van der Waals surface area contributed by atoms with E-state index in [0.717, 1.165) is 50.5 Å². The normalized spacial score (nSPS) is 19.5. The van der Waals surface area contributed by atoms with Crippen LogP contribution in [0.5, 0.6) is 0 Å². The van der Waals surface area contributed by atoms with E-state index in [-0.39, 0.29) is 5.56 Å². The van der Waals surface area contributed by atoms with Crippen LogP contribution >= 0.6 is 0 Å². The smallest absolute Gasteiger partial charge is 0.251 e. The second-order valence-electron chi connectivity index (χ2n) is 5.82. The Morgan fingerprint density at radius 3 is 3.09 bits per heavy atom. The van der Waals surface area contributed by atoms with Crippen LogP contribution in [0.1, 0.15) is 43.0 Å². The topological polar surface area (TPSA) is 79.7 Å². The van der Waals surface area contributed by atoms with Crippen LogP contribution < -0.4 is 5.56 Å². The molecule has 0 unspecified atom stereocenters. The first-order chi connectivity index (χ1) is 10.7. The second-order valence-corrected chi connectivity index (χ2v) is 5.82. The van der Waals surface area contributed by atoms with E-state index in [4.69, 9.17) is 0 Å². The molecule has 1 saturated heterocycles. The zero-order chi connectivity index (χ0) is 15.5. The van der Waals surface area contributed by atoms with Gasteiger partial charge >= 0.3 is 0 Å². The Kier molecular flexibility index (Phi) is 4.33. The average Bonchev–Trinajstić information content (AvgIpc) is 2.94. The Morgan fingerprint density at radius 2 is 2.32 bits per heavy atom. The van der Waals surface area contributed by atoms with Gasteiger partial charge in [0.15, 0.2) is 0 Å². The summed E-state index contributed by atoms with van der Waals surface area (Å²) in [5, 5.41) is 4.22. The largest absolute Gasteiger partial charge is 0.311 e. The van der Waals surface area contributed by atoms with E-state index in [2.05, 4.69) is 31.9 Å². The van der Waals surface area contributed by atoms with Crippen molar-refractivity contribution in [1.82, 2.24) is 29.6 Å². The van der Waals surface area contributed by atoms with Crippen molar-refractivity contribution in [3.05, 3.63) is 40.1 Å².